The highest BCUT2D eigenvalue weighted by Crippen LogP contribution is 2.24. The van der Waals surface area contributed by atoms with Crippen molar-refractivity contribution < 1.29 is 0 Å². The summed E-state index contributed by atoms with van der Waals surface area (Å²) in [5.74, 6) is 0. The number of rotatable bonds is 1. The molecule has 0 bridgehead atoms. The fourth-order valence-electron chi connectivity index (χ4n) is 1.96. The maximum absolute atomic E-state index is 8.77. The Labute approximate surface area is 95.9 Å². The fraction of sp³-hybridized carbons (Fsp3) is 0.417. The minimum Gasteiger partial charge on any atom is -0.397 e. The molecule has 2 rings (SSSR count). The molecule has 1 aromatic rings. The van der Waals surface area contributed by atoms with Crippen LogP contribution in [0.25, 0.3) is 0 Å². The molecule has 1 fully saturated rings. The summed E-state index contributed by atoms with van der Waals surface area (Å²) in [4.78, 5) is 4.58. The van der Waals surface area contributed by atoms with Crippen molar-refractivity contribution in [2.45, 2.75) is 0 Å². The van der Waals surface area contributed by atoms with Crippen LogP contribution in [0, 0.1) is 11.3 Å². The van der Waals surface area contributed by atoms with Crippen LogP contribution in [-0.4, -0.2) is 38.1 Å². The van der Waals surface area contributed by atoms with E-state index in [9.17, 15) is 0 Å². The first-order valence-electron chi connectivity index (χ1n) is 5.44. The zero-order valence-electron chi connectivity index (χ0n) is 9.48. The first-order chi connectivity index (χ1) is 7.70. The van der Waals surface area contributed by atoms with E-state index in [1.807, 2.05) is 12.1 Å². The molecule has 0 saturated carbocycles. The van der Waals surface area contributed by atoms with Gasteiger partial charge in [-0.1, -0.05) is 0 Å². The molecule has 16 heavy (non-hydrogen) atoms. The van der Waals surface area contributed by atoms with Gasteiger partial charge in [-0.2, -0.15) is 5.26 Å². The second-order valence-electron chi connectivity index (χ2n) is 4.18. The lowest BCUT2D eigenvalue weighted by Gasteiger charge is -2.34. The fourth-order valence-corrected chi connectivity index (χ4v) is 1.96. The number of nitrogens with two attached hydrogens (primary N) is 1. The molecule has 4 nitrogen and oxygen atoms in total. The highest BCUT2D eigenvalue weighted by atomic mass is 15.2. The van der Waals surface area contributed by atoms with Crippen molar-refractivity contribution >= 4 is 11.4 Å². The number of hydrogen-bond donors (Lipinski definition) is 1. The number of anilines is 2. The van der Waals surface area contributed by atoms with Gasteiger partial charge in [-0.05, 0) is 25.2 Å². The average Bonchev–Trinajstić information content (AvgIpc) is 2.30. The van der Waals surface area contributed by atoms with Crippen molar-refractivity contribution in [3.63, 3.8) is 0 Å². The summed E-state index contributed by atoms with van der Waals surface area (Å²) in [7, 11) is 2.12. The summed E-state index contributed by atoms with van der Waals surface area (Å²) in [6.07, 6.45) is 0. The number of hydrogen-bond acceptors (Lipinski definition) is 4. The molecule has 0 spiro atoms. The van der Waals surface area contributed by atoms with E-state index in [-0.39, 0.29) is 0 Å². The second kappa shape index (κ2) is 4.42. The third-order valence-electron chi connectivity index (χ3n) is 3.00. The van der Waals surface area contributed by atoms with E-state index in [1.165, 1.54) is 0 Å². The van der Waals surface area contributed by atoms with E-state index >= 15 is 0 Å². The van der Waals surface area contributed by atoms with Gasteiger partial charge in [0.25, 0.3) is 0 Å². The van der Waals surface area contributed by atoms with Gasteiger partial charge in [-0.15, -0.1) is 0 Å². The van der Waals surface area contributed by atoms with Crippen molar-refractivity contribution in [1.82, 2.24) is 4.90 Å². The molecule has 1 aromatic carbocycles. The Morgan fingerprint density at radius 2 is 1.94 bits per heavy atom. The Hall–Kier alpha value is -1.73. The van der Waals surface area contributed by atoms with Crippen LogP contribution in [0.1, 0.15) is 5.56 Å². The third kappa shape index (κ3) is 2.10. The Kier molecular flexibility index (Phi) is 2.97. The topological polar surface area (TPSA) is 56.3 Å². The van der Waals surface area contributed by atoms with Gasteiger partial charge < -0.3 is 15.5 Å². The van der Waals surface area contributed by atoms with E-state index in [1.54, 1.807) is 6.07 Å². The molecule has 0 unspecified atom stereocenters. The average molecular weight is 216 g/mol. The van der Waals surface area contributed by atoms with Gasteiger partial charge in [-0.3, -0.25) is 0 Å². The molecule has 2 N–H and O–H groups in total. The van der Waals surface area contributed by atoms with Crippen LogP contribution in [0.3, 0.4) is 0 Å². The number of nitriles is 1. The van der Waals surface area contributed by atoms with E-state index in [0.29, 0.717) is 11.3 Å². The van der Waals surface area contributed by atoms with E-state index in [4.69, 9.17) is 11.0 Å². The van der Waals surface area contributed by atoms with Gasteiger partial charge in [0, 0.05) is 26.2 Å². The summed E-state index contributed by atoms with van der Waals surface area (Å²) in [6, 6.07) is 7.61. The Morgan fingerprint density at radius 3 is 2.50 bits per heavy atom. The summed E-state index contributed by atoms with van der Waals surface area (Å²) in [5.41, 5.74) is 8.32. The van der Waals surface area contributed by atoms with Gasteiger partial charge in [0.1, 0.15) is 0 Å². The van der Waals surface area contributed by atoms with Gasteiger partial charge in [0.15, 0.2) is 0 Å². The minimum atomic E-state index is 0.621. The van der Waals surface area contributed by atoms with Crippen molar-refractivity contribution in [1.29, 1.82) is 5.26 Å². The Bertz CT molecular complexity index is 414. The van der Waals surface area contributed by atoms with Crippen LogP contribution in [0.4, 0.5) is 11.4 Å². The number of benzene rings is 1. The molecular weight excluding hydrogens is 200 g/mol. The van der Waals surface area contributed by atoms with Crippen LogP contribution in [0.2, 0.25) is 0 Å². The maximum Gasteiger partial charge on any atom is 0.0992 e. The molecule has 84 valence electrons. The SMILES string of the molecule is CN1CCN(c2ccc(C#N)cc2N)CC1. The molecule has 0 atom stereocenters. The van der Waals surface area contributed by atoms with Gasteiger partial charge in [-0.25, -0.2) is 0 Å². The predicted octanol–water partition coefficient (Wildman–Crippen LogP) is 0.892. The monoisotopic (exact) mass is 216 g/mol. The zero-order chi connectivity index (χ0) is 11.5. The van der Waals surface area contributed by atoms with E-state index in [0.717, 1.165) is 31.9 Å². The summed E-state index contributed by atoms with van der Waals surface area (Å²) >= 11 is 0. The molecule has 1 aliphatic heterocycles. The largest absolute Gasteiger partial charge is 0.397 e. The lowest BCUT2D eigenvalue weighted by molar-refractivity contribution is 0.313. The first-order valence-corrected chi connectivity index (χ1v) is 5.44. The smallest absolute Gasteiger partial charge is 0.0992 e. The normalized spacial score (nSPS) is 17.1. The van der Waals surface area contributed by atoms with Gasteiger partial charge in [0.2, 0.25) is 0 Å². The molecule has 0 aromatic heterocycles. The van der Waals surface area contributed by atoms with E-state index < -0.39 is 0 Å². The van der Waals surface area contributed by atoms with E-state index in [2.05, 4.69) is 22.9 Å². The zero-order valence-corrected chi connectivity index (χ0v) is 9.48. The highest BCUT2D eigenvalue weighted by molar-refractivity contribution is 5.69. The highest BCUT2D eigenvalue weighted by Gasteiger charge is 2.16. The van der Waals surface area contributed by atoms with Crippen molar-refractivity contribution in [3.8, 4) is 6.07 Å². The van der Waals surface area contributed by atoms with Gasteiger partial charge in [0.05, 0.1) is 23.0 Å². The number of nitrogens with zero attached hydrogens (tertiary/aromatic N) is 3. The van der Waals surface area contributed by atoms with Crippen LogP contribution in [0.5, 0.6) is 0 Å². The number of likely N-dealkylation sites (N-methyl/N-ethyl adjacent to an activating group) is 1. The van der Waals surface area contributed by atoms with Crippen molar-refractivity contribution in [3.05, 3.63) is 23.8 Å². The maximum atomic E-state index is 8.77. The summed E-state index contributed by atoms with van der Waals surface area (Å²) < 4.78 is 0. The van der Waals surface area contributed by atoms with Crippen LogP contribution in [-0.2, 0) is 0 Å². The molecule has 1 heterocycles. The molecule has 1 aliphatic rings. The third-order valence-corrected chi connectivity index (χ3v) is 3.00. The molecule has 0 amide bonds. The predicted molar refractivity (Wildman–Crippen MR) is 65.3 cm³/mol. The standard InChI is InChI=1S/C12H16N4/c1-15-4-6-16(7-5-15)12-3-2-10(9-13)8-11(12)14/h2-3,8H,4-7,14H2,1H3. The van der Waals surface area contributed by atoms with Crippen LogP contribution in [0.15, 0.2) is 18.2 Å². The Morgan fingerprint density at radius 1 is 1.25 bits per heavy atom. The second-order valence-corrected chi connectivity index (χ2v) is 4.18. The Balaban J connectivity index is 2.18. The summed E-state index contributed by atoms with van der Waals surface area (Å²) in [5, 5.41) is 8.77. The van der Waals surface area contributed by atoms with Crippen molar-refractivity contribution in [2.75, 3.05) is 43.9 Å². The summed E-state index contributed by atoms with van der Waals surface area (Å²) in [6.45, 7) is 4.10. The minimum absolute atomic E-state index is 0.621. The van der Waals surface area contributed by atoms with Crippen LogP contribution < -0.4 is 10.6 Å². The van der Waals surface area contributed by atoms with Gasteiger partial charge >= 0.3 is 0 Å². The molecule has 4 heteroatoms. The lowest BCUT2D eigenvalue weighted by Crippen LogP contribution is -2.44. The molecular formula is C12H16N4. The number of piperazine rings is 1. The molecule has 0 radical (unpaired) electrons. The lowest BCUT2D eigenvalue weighted by atomic mass is 10.1. The quantitative estimate of drug-likeness (QED) is 0.708. The van der Waals surface area contributed by atoms with Crippen molar-refractivity contribution in [2.24, 2.45) is 0 Å². The number of nitrogen functional groups attached to an aromatic ring is 1. The van der Waals surface area contributed by atoms with Crippen LogP contribution >= 0.6 is 0 Å². The molecule has 0 aliphatic carbocycles. The first kappa shape index (κ1) is 10.8. The molecule has 1 saturated heterocycles.